The van der Waals surface area contributed by atoms with Crippen molar-refractivity contribution in [2.75, 3.05) is 0 Å². The fraction of sp³-hybridized carbons (Fsp3) is 0. The second-order valence-corrected chi connectivity index (χ2v) is 10.2. The van der Waals surface area contributed by atoms with E-state index in [0.29, 0.717) is 5.56 Å². The Morgan fingerprint density at radius 3 is 1.55 bits per heavy atom. The predicted octanol–water partition coefficient (Wildman–Crippen LogP) is 11.3. The summed E-state index contributed by atoms with van der Waals surface area (Å²) in [4.78, 5) is 0. The van der Waals surface area contributed by atoms with E-state index in [0.717, 1.165) is 38.2 Å². The SMILES string of the molecule is [2H]c1cc([2H])c(-c2c3ccccc3c(-c3cccc4c(-c5ccc6ccccc6c5)cccc34)c3ccccc23)c([2H])c1. The van der Waals surface area contributed by atoms with Gasteiger partial charge in [0.15, 0.2) is 0 Å². The Labute approximate surface area is 238 Å². The monoisotopic (exact) mass is 509 g/mol. The largest absolute Gasteiger partial charge is 0.0629 e. The van der Waals surface area contributed by atoms with E-state index >= 15 is 0 Å². The number of benzene rings is 8. The predicted molar refractivity (Wildman–Crippen MR) is 173 cm³/mol. The second-order valence-electron chi connectivity index (χ2n) is 10.2. The van der Waals surface area contributed by atoms with E-state index in [1.807, 2.05) is 12.1 Å². The van der Waals surface area contributed by atoms with Gasteiger partial charge in [-0.2, -0.15) is 0 Å². The molecule has 0 aliphatic heterocycles. The lowest BCUT2D eigenvalue weighted by atomic mass is 9.84. The molecule has 0 heterocycles. The highest BCUT2D eigenvalue weighted by Crippen LogP contribution is 2.46. The van der Waals surface area contributed by atoms with Gasteiger partial charge in [-0.05, 0) is 82.5 Å². The summed E-state index contributed by atoms with van der Waals surface area (Å²) in [5.41, 5.74) is 6.12. The summed E-state index contributed by atoms with van der Waals surface area (Å²) in [5, 5.41) is 8.98. The van der Waals surface area contributed by atoms with E-state index < -0.39 is 0 Å². The molecule has 0 atom stereocenters. The molecule has 186 valence electrons. The molecule has 8 rings (SSSR count). The summed E-state index contributed by atoms with van der Waals surface area (Å²) < 4.78 is 25.6. The first-order chi connectivity index (χ1) is 21.1. The van der Waals surface area contributed by atoms with Crippen LogP contribution in [0.4, 0.5) is 0 Å². The molecule has 0 nitrogen and oxygen atoms in total. The summed E-state index contributed by atoms with van der Waals surface area (Å²) in [6.45, 7) is 0. The molecule has 0 fully saturated rings. The number of hydrogen-bond donors (Lipinski definition) is 0. The summed E-state index contributed by atoms with van der Waals surface area (Å²) in [6, 6.07) is 48.6. The first kappa shape index (κ1) is 19.8. The molecule has 0 amide bonds. The minimum Gasteiger partial charge on any atom is -0.0622 e. The van der Waals surface area contributed by atoms with Gasteiger partial charge in [-0.25, -0.2) is 0 Å². The van der Waals surface area contributed by atoms with Crippen LogP contribution in [0.2, 0.25) is 0 Å². The minimum atomic E-state index is 0.182. The van der Waals surface area contributed by atoms with Gasteiger partial charge < -0.3 is 0 Å². The van der Waals surface area contributed by atoms with Crippen molar-refractivity contribution < 1.29 is 4.11 Å². The maximum atomic E-state index is 8.78. The van der Waals surface area contributed by atoms with Crippen LogP contribution in [0.15, 0.2) is 158 Å². The second kappa shape index (κ2) is 9.22. The van der Waals surface area contributed by atoms with Crippen LogP contribution in [0.25, 0.3) is 76.5 Å². The third-order valence-corrected chi connectivity index (χ3v) is 8.03. The Hall–Kier alpha value is -5.20. The zero-order valence-electron chi connectivity index (χ0n) is 24.8. The van der Waals surface area contributed by atoms with Crippen molar-refractivity contribution in [3.05, 3.63) is 158 Å². The molecular weight excluding hydrogens is 480 g/mol. The Balaban J connectivity index is 1.46. The Kier molecular flexibility index (Phi) is 4.57. The van der Waals surface area contributed by atoms with Gasteiger partial charge in [-0.15, -0.1) is 0 Å². The lowest BCUT2D eigenvalue weighted by Crippen LogP contribution is -1.92. The fourth-order valence-corrected chi connectivity index (χ4v) is 6.28. The number of hydrogen-bond acceptors (Lipinski definition) is 0. The van der Waals surface area contributed by atoms with Gasteiger partial charge >= 0.3 is 0 Å². The van der Waals surface area contributed by atoms with Gasteiger partial charge in [-0.1, -0.05) is 152 Å². The van der Waals surface area contributed by atoms with E-state index in [-0.39, 0.29) is 18.1 Å². The lowest BCUT2D eigenvalue weighted by molar-refractivity contribution is 1.65. The number of rotatable bonds is 3. The van der Waals surface area contributed by atoms with Gasteiger partial charge in [0.25, 0.3) is 0 Å². The Morgan fingerprint density at radius 1 is 0.350 bits per heavy atom. The van der Waals surface area contributed by atoms with Crippen molar-refractivity contribution in [2.45, 2.75) is 0 Å². The van der Waals surface area contributed by atoms with Gasteiger partial charge in [0, 0.05) is 0 Å². The Bertz CT molecular complexity index is 2310. The molecule has 0 heteroatoms. The van der Waals surface area contributed by atoms with Crippen LogP contribution in [0.5, 0.6) is 0 Å². The molecule has 40 heavy (non-hydrogen) atoms. The first-order valence-electron chi connectivity index (χ1n) is 15.1. The topological polar surface area (TPSA) is 0 Å². The van der Waals surface area contributed by atoms with Gasteiger partial charge in [-0.3, -0.25) is 0 Å². The molecule has 8 aromatic rings. The van der Waals surface area contributed by atoms with Gasteiger partial charge in [0.1, 0.15) is 0 Å². The van der Waals surface area contributed by atoms with Crippen molar-refractivity contribution in [1.29, 1.82) is 0 Å². The van der Waals surface area contributed by atoms with Crippen molar-refractivity contribution in [1.82, 2.24) is 0 Å². The summed E-state index contributed by atoms with van der Waals surface area (Å²) >= 11 is 0. The van der Waals surface area contributed by atoms with E-state index in [9.17, 15) is 0 Å². The summed E-state index contributed by atoms with van der Waals surface area (Å²) in [5.74, 6) is 0. The normalized spacial score (nSPS) is 12.6. The molecule has 8 aromatic carbocycles. The first-order valence-corrected chi connectivity index (χ1v) is 13.6. The van der Waals surface area contributed by atoms with Crippen LogP contribution in [0, 0.1) is 0 Å². The molecule has 0 radical (unpaired) electrons. The van der Waals surface area contributed by atoms with Crippen LogP contribution in [0.3, 0.4) is 0 Å². The molecule has 0 bridgehead atoms. The standard InChI is InChI=1S/C40H26/c1-2-13-28(14-3-1)39-35-16-6-8-18-37(35)40(38-19-9-7-17-36(38)39)34-23-11-21-32-31(20-10-22-33(32)34)30-25-24-27-12-4-5-15-29(27)26-30/h1-26H/i1D,13D,14D. The van der Waals surface area contributed by atoms with Crippen LogP contribution >= 0.6 is 0 Å². The molecule has 0 spiro atoms. The van der Waals surface area contributed by atoms with Crippen LogP contribution in [0.1, 0.15) is 4.11 Å². The van der Waals surface area contributed by atoms with Crippen molar-refractivity contribution in [3.8, 4) is 33.4 Å². The quantitative estimate of drug-likeness (QED) is 0.208. The average molecular weight is 510 g/mol. The van der Waals surface area contributed by atoms with Crippen LogP contribution < -0.4 is 0 Å². The van der Waals surface area contributed by atoms with Crippen LogP contribution in [-0.4, -0.2) is 0 Å². The third-order valence-electron chi connectivity index (χ3n) is 8.03. The highest BCUT2D eigenvalue weighted by atomic mass is 14.2. The summed E-state index contributed by atoms with van der Waals surface area (Å²) in [6.07, 6.45) is 0. The minimum absolute atomic E-state index is 0.182. The molecule has 0 N–H and O–H groups in total. The third kappa shape index (κ3) is 3.54. The molecule has 0 unspecified atom stereocenters. The zero-order valence-corrected chi connectivity index (χ0v) is 21.8. The van der Waals surface area contributed by atoms with E-state index in [2.05, 4.69) is 115 Å². The smallest absolute Gasteiger partial charge is 0.0622 e. The highest BCUT2D eigenvalue weighted by Gasteiger charge is 2.18. The average Bonchev–Trinajstić information content (AvgIpc) is 3.03. The van der Waals surface area contributed by atoms with Crippen molar-refractivity contribution >= 4 is 43.1 Å². The van der Waals surface area contributed by atoms with E-state index in [1.165, 1.54) is 44.8 Å². The summed E-state index contributed by atoms with van der Waals surface area (Å²) in [7, 11) is 0. The maximum absolute atomic E-state index is 8.78. The molecule has 0 saturated heterocycles. The van der Waals surface area contributed by atoms with E-state index in [4.69, 9.17) is 4.11 Å². The molecule has 0 aromatic heterocycles. The molecule has 0 aliphatic rings. The maximum Gasteiger partial charge on any atom is 0.0629 e. The van der Waals surface area contributed by atoms with Gasteiger partial charge in [0.05, 0.1) is 4.11 Å². The lowest BCUT2D eigenvalue weighted by Gasteiger charge is -2.19. The van der Waals surface area contributed by atoms with E-state index in [1.54, 1.807) is 0 Å². The fourth-order valence-electron chi connectivity index (χ4n) is 6.28. The van der Waals surface area contributed by atoms with Crippen molar-refractivity contribution in [2.24, 2.45) is 0 Å². The van der Waals surface area contributed by atoms with Gasteiger partial charge in [0.2, 0.25) is 0 Å². The number of fused-ring (bicyclic) bond motifs is 4. The molecule has 0 aliphatic carbocycles. The van der Waals surface area contributed by atoms with Crippen molar-refractivity contribution in [3.63, 3.8) is 0 Å². The Morgan fingerprint density at radius 2 is 0.875 bits per heavy atom. The zero-order chi connectivity index (χ0) is 29.1. The highest BCUT2D eigenvalue weighted by molar-refractivity contribution is 6.24. The molecule has 0 saturated carbocycles. The van der Waals surface area contributed by atoms with Crippen LogP contribution in [-0.2, 0) is 0 Å². The molecular formula is C40H26.